The number of carbonyl (C=O) groups is 2. The zero-order valence-electron chi connectivity index (χ0n) is 14.1. The summed E-state index contributed by atoms with van der Waals surface area (Å²) in [7, 11) is 3.03. The number of fused-ring (bicyclic) bond motifs is 1. The van der Waals surface area contributed by atoms with Crippen LogP contribution in [0.15, 0.2) is 30.5 Å². The van der Waals surface area contributed by atoms with E-state index in [0.717, 1.165) is 16.6 Å². The number of hydrogen-bond acceptors (Lipinski definition) is 4. The molecule has 2 aromatic rings. The Morgan fingerprint density at radius 2 is 1.91 bits per heavy atom. The predicted octanol–water partition coefficient (Wildman–Crippen LogP) is 3.19. The van der Waals surface area contributed by atoms with Crippen LogP contribution < -0.4 is 4.90 Å². The van der Waals surface area contributed by atoms with Crippen LogP contribution in [0.3, 0.4) is 0 Å². The highest BCUT2D eigenvalue weighted by molar-refractivity contribution is 5.92. The van der Waals surface area contributed by atoms with Crippen molar-refractivity contribution < 1.29 is 19.1 Å². The summed E-state index contributed by atoms with van der Waals surface area (Å²) >= 11 is 0. The summed E-state index contributed by atoms with van der Waals surface area (Å²) in [5.41, 5.74) is 1.08. The number of aromatic nitrogens is 1. The number of anilines is 1. The van der Waals surface area contributed by atoms with E-state index in [0.29, 0.717) is 0 Å². The smallest absolute Gasteiger partial charge is 0.414 e. The Labute approximate surface area is 135 Å². The van der Waals surface area contributed by atoms with Crippen molar-refractivity contribution in [3.05, 3.63) is 30.5 Å². The summed E-state index contributed by atoms with van der Waals surface area (Å²) < 4.78 is 11.8. The molecular formula is C17H22N2O4. The molecule has 0 spiro atoms. The van der Waals surface area contributed by atoms with Crippen molar-refractivity contribution in [3.63, 3.8) is 0 Å². The van der Waals surface area contributed by atoms with Gasteiger partial charge in [-0.25, -0.2) is 4.79 Å². The highest BCUT2D eigenvalue weighted by atomic mass is 16.6. The van der Waals surface area contributed by atoms with Crippen LogP contribution >= 0.6 is 0 Å². The molecule has 1 aromatic heterocycles. The summed E-state index contributed by atoms with van der Waals surface area (Å²) in [6.45, 7) is 5.64. The molecule has 0 bridgehead atoms. The van der Waals surface area contributed by atoms with Crippen LogP contribution in [-0.4, -0.2) is 36.4 Å². The van der Waals surface area contributed by atoms with E-state index >= 15 is 0 Å². The molecule has 1 heterocycles. The zero-order chi connectivity index (χ0) is 17.2. The fraction of sp³-hybridized carbons (Fsp3) is 0.412. The number of esters is 1. The van der Waals surface area contributed by atoms with Gasteiger partial charge in [0.15, 0.2) is 0 Å². The third-order valence-electron chi connectivity index (χ3n) is 3.34. The number of hydrogen-bond donors (Lipinski definition) is 0. The van der Waals surface area contributed by atoms with E-state index in [1.54, 1.807) is 11.6 Å². The summed E-state index contributed by atoms with van der Waals surface area (Å²) in [6.07, 6.45) is 1.41. The molecule has 0 aliphatic rings. The molecule has 6 nitrogen and oxygen atoms in total. The minimum Gasteiger partial charge on any atom is -0.468 e. The number of benzene rings is 1. The molecule has 0 aliphatic carbocycles. The van der Waals surface area contributed by atoms with Gasteiger partial charge in [-0.1, -0.05) is 0 Å². The Bertz CT molecular complexity index is 728. The molecule has 0 unspecified atom stereocenters. The molecule has 6 heteroatoms. The SMILES string of the molecule is COC(=O)Cn1ccc2cc(N(C)C(=O)OC(C)(C)C)ccc21. The van der Waals surface area contributed by atoms with Crippen LogP contribution in [0.1, 0.15) is 20.8 Å². The van der Waals surface area contributed by atoms with Crippen molar-refractivity contribution in [3.8, 4) is 0 Å². The first kappa shape index (κ1) is 16.9. The molecule has 0 saturated carbocycles. The monoisotopic (exact) mass is 318 g/mol. The van der Waals surface area contributed by atoms with Crippen LogP contribution in [0, 0.1) is 0 Å². The quantitative estimate of drug-likeness (QED) is 0.816. The molecule has 0 fully saturated rings. The highest BCUT2D eigenvalue weighted by Crippen LogP contribution is 2.24. The molecule has 2 rings (SSSR count). The number of rotatable bonds is 3. The maximum absolute atomic E-state index is 12.1. The molecule has 0 N–H and O–H groups in total. The van der Waals surface area contributed by atoms with Gasteiger partial charge in [0, 0.05) is 29.8 Å². The van der Waals surface area contributed by atoms with Gasteiger partial charge in [-0.15, -0.1) is 0 Å². The first-order valence-electron chi connectivity index (χ1n) is 7.33. The van der Waals surface area contributed by atoms with E-state index in [1.165, 1.54) is 12.0 Å². The topological polar surface area (TPSA) is 60.8 Å². The Hall–Kier alpha value is -2.50. The van der Waals surface area contributed by atoms with E-state index in [1.807, 2.05) is 51.2 Å². The Balaban J connectivity index is 2.24. The molecule has 0 aliphatic heterocycles. The summed E-state index contributed by atoms with van der Waals surface area (Å²) in [6, 6.07) is 7.46. The van der Waals surface area contributed by atoms with Gasteiger partial charge in [-0.2, -0.15) is 0 Å². The van der Waals surface area contributed by atoms with Gasteiger partial charge in [0.05, 0.1) is 7.11 Å². The largest absolute Gasteiger partial charge is 0.468 e. The van der Waals surface area contributed by atoms with Crippen LogP contribution in [0.5, 0.6) is 0 Å². The Kier molecular flexibility index (Phi) is 4.63. The highest BCUT2D eigenvalue weighted by Gasteiger charge is 2.21. The van der Waals surface area contributed by atoms with E-state index in [4.69, 9.17) is 4.74 Å². The molecule has 0 saturated heterocycles. The molecule has 1 aromatic carbocycles. The molecule has 23 heavy (non-hydrogen) atoms. The predicted molar refractivity (Wildman–Crippen MR) is 88.6 cm³/mol. The van der Waals surface area contributed by atoms with Crippen molar-refractivity contribution in [2.24, 2.45) is 0 Å². The summed E-state index contributed by atoms with van der Waals surface area (Å²) in [4.78, 5) is 25.0. The van der Waals surface area contributed by atoms with Crippen LogP contribution in [-0.2, 0) is 20.8 Å². The molecule has 1 amide bonds. The van der Waals surface area contributed by atoms with E-state index < -0.39 is 11.7 Å². The Morgan fingerprint density at radius 1 is 1.22 bits per heavy atom. The average molecular weight is 318 g/mol. The maximum atomic E-state index is 12.1. The standard InChI is InChI=1S/C17H22N2O4/c1-17(2,3)23-16(21)18(4)13-6-7-14-12(10-13)8-9-19(14)11-15(20)22-5/h6-10H,11H2,1-5H3. The Morgan fingerprint density at radius 3 is 2.52 bits per heavy atom. The number of methoxy groups -OCH3 is 1. The molecule has 0 atom stereocenters. The van der Waals surface area contributed by atoms with Gasteiger partial charge in [0.1, 0.15) is 12.1 Å². The lowest BCUT2D eigenvalue weighted by molar-refractivity contribution is -0.141. The van der Waals surface area contributed by atoms with Crippen molar-refractivity contribution >= 4 is 28.7 Å². The van der Waals surface area contributed by atoms with Crippen molar-refractivity contribution in [2.45, 2.75) is 32.9 Å². The number of nitrogens with zero attached hydrogens (tertiary/aromatic N) is 2. The maximum Gasteiger partial charge on any atom is 0.414 e. The number of amides is 1. The van der Waals surface area contributed by atoms with Crippen molar-refractivity contribution in [1.82, 2.24) is 4.57 Å². The third-order valence-corrected chi connectivity index (χ3v) is 3.34. The van der Waals surface area contributed by atoms with Crippen LogP contribution in [0.4, 0.5) is 10.5 Å². The third kappa shape index (κ3) is 4.03. The fourth-order valence-corrected chi connectivity index (χ4v) is 2.17. The minimum absolute atomic E-state index is 0.154. The van der Waals surface area contributed by atoms with Gasteiger partial charge in [0.2, 0.25) is 0 Å². The fourth-order valence-electron chi connectivity index (χ4n) is 2.17. The van der Waals surface area contributed by atoms with E-state index in [9.17, 15) is 9.59 Å². The van der Waals surface area contributed by atoms with E-state index in [-0.39, 0.29) is 12.5 Å². The van der Waals surface area contributed by atoms with Gasteiger partial charge < -0.3 is 14.0 Å². The lowest BCUT2D eigenvalue weighted by atomic mass is 10.2. The molecular weight excluding hydrogens is 296 g/mol. The lowest BCUT2D eigenvalue weighted by Gasteiger charge is -2.24. The zero-order valence-corrected chi connectivity index (χ0v) is 14.1. The average Bonchev–Trinajstić information content (AvgIpc) is 2.86. The summed E-state index contributed by atoms with van der Waals surface area (Å²) in [5.74, 6) is -0.308. The number of carbonyl (C=O) groups excluding carboxylic acids is 2. The first-order valence-corrected chi connectivity index (χ1v) is 7.33. The van der Waals surface area contributed by atoms with Crippen molar-refractivity contribution in [2.75, 3.05) is 19.1 Å². The lowest BCUT2D eigenvalue weighted by Crippen LogP contribution is -2.34. The van der Waals surface area contributed by atoms with Crippen molar-refractivity contribution in [1.29, 1.82) is 0 Å². The number of ether oxygens (including phenoxy) is 2. The van der Waals surface area contributed by atoms with Crippen LogP contribution in [0.2, 0.25) is 0 Å². The molecule has 0 radical (unpaired) electrons. The first-order chi connectivity index (χ1) is 10.7. The van der Waals surface area contributed by atoms with Gasteiger partial charge in [0.25, 0.3) is 0 Å². The second kappa shape index (κ2) is 6.32. The normalized spacial score (nSPS) is 11.3. The van der Waals surface area contributed by atoms with Gasteiger partial charge in [-0.3, -0.25) is 9.69 Å². The van der Waals surface area contributed by atoms with Crippen LogP contribution in [0.25, 0.3) is 10.9 Å². The van der Waals surface area contributed by atoms with Gasteiger partial charge in [-0.05, 0) is 45.0 Å². The second-order valence-corrected chi connectivity index (χ2v) is 6.30. The van der Waals surface area contributed by atoms with Gasteiger partial charge >= 0.3 is 12.1 Å². The minimum atomic E-state index is -0.542. The second-order valence-electron chi connectivity index (χ2n) is 6.30. The summed E-state index contributed by atoms with van der Waals surface area (Å²) in [5, 5.41) is 0.932. The van der Waals surface area contributed by atoms with E-state index in [2.05, 4.69) is 4.74 Å². The molecule has 124 valence electrons.